The molecule has 0 aliphatic carbocycles. The highest BCUT2D eigenvalue weighted by Crippen LogP contribution is 2.19. The first-order valence-corrected chi connectivity index (χ1v) is 4.61. The van der Waals surface area contributed by atoms with Crippen molar-refractivity contribution in [3.63, 3.8) is 0 Å². The quantitative estimate of drug-likeness (QED) is 0.623. The van der Waals surface area contributed by atoms with Crippen LogP contribution in [0.5, 0.6) is 5.75 Å². The van der Waals surface area contributed by atoms with Crippen molar-refractivity contribution in [1.82, 2.24) is 0 Å². The van der Waals surface area contributed by atoms with E-state index in [0.29, 0.717) is 5.30 Å². The zero-order chi connectivity index (χ0) is 7.56. The van der Waals surface area contributed by atoms with Gasteiger partial charge in [0, 0.05) is 0 Å². The minimum Gasteiger partial charge on any atom is -0.504 e. The molecule has 1 unspecified atom stereocenters. The zero-order valence-electron chi connectivity index (χ0n) is 5.61. The van der Waals surface area contributed by atoms with Gasteiger partial charge >= 0.3 is 7.80 Å². The Bertz CT molecular complexity index is 258. The molecule has 0 saturated carbocycles. The molecule has 0 saturated heterocycles. The fourth-order valence-electron chi connectivity index (χ4n) is 0.730. The van der Waals surface area contributed by atoms with Crippen LogP contribution in [0, 0.1) is 0 Å². The third kappa shape index (κ3) is 1.34. The van der Waals surface area contributed by atoms with Crippen LogP contribution in [0.25, 0.3) is 0 Å². The average Bonchev–Trinajstić information content (AvgIpc) is 1.88. The highest BCUT2D eigenvalue weighted by atomic mass is 31.1. The zero-order valence-corrected chi connectivity index (χ0v) is 6.51. The topological polar surface area (TPSA) is 37.3 Å². The molecule has 1 atom stereocenters. The van der Waals surface area contributed by atoms with Gasteiger partial charge < -0.3 is 5.11 Å². The number of rotatable bonds is 1. The van der Waals surface area contributed by atoms with Gasteiger partial charge in [-0.15, -0.1) is 0 Å². The van der Waals surface area contributed by atoms with Gasteiger partial charge in [-0.3, -0.25) is 0 Å². The van der Waals surface area contributed by atoms with Crippen molar-refractivity contribution in [2.45, 2.75) is 0 Å². The van der Waals surface area contributed by atoms with Gasteiger partial charge in [-0.05, 0) is 12.1 Å². The van der Waals surface area contributed by atoms with Gasteiger partial charge in [-0.2, -0.15) is 0 Å². The van der Waals surface area contributed by atoms with Crippen LogP contribution in [-0.2, 0) is 4.57 Å². The molecule has 0 heterocycles. The molecule has 2 nitrogen and oxygen atoms in total. The molecule has 0 aliphatic rings. The van der Waals surface area contributed by atoms with Crippen LogP contribution >= 0.6 is 7.80 Å². The van der Waals surface area contributed by atoms with Gasteiger partial charge in [-0.25, -0.2) is 0 Å². The molecule has 3 heteroatoms. The van der Waals surface area contributed by atoms with Gasteiger partial charge in [0.1, 0.15) is 6.66 Å². The first kappa shape index (κ1) is 7.23. The maximum absolute atomic E-state index is 10.9. The third-order valence-corrected chi connectivity index (χ3v) is 2.28. The van der Waals surface area contributed by atoms with E-state index in [1.807, 2.05) is 0 Å². The van der Waals surface area contributed by atoms with Gasteiger partial charge in [0.15, 0.2) is 5.75 Å². The summed E-state index contributed by atoms with van der Waals surface area (Å²) < 4.78 is 10.9. The standard InChI is InChI=1S/C7H7O2P/c1-10(9)7-5-3-2-4-6(7)8/h2-5H,1H3/p+1. The van der Waals surface area contributed by atoms with Crippen molar-refractivity contribution >= 4 is 13.1 Å². The third-order valence-electron chi connectivity index (χ3n) is 1.22. The molecule has 0 radical (unpaired) electrons. The highest BCUT2D eigenvalue weighted by molar-refractivity contribution is 7.52. The Morgan fingerprint density at radius 1 is 1.40 bits per heavy atom. The van der Waals surface area contributed by atoms with E-state index in [1.54, 1.807) is 24.9 Å². The minimum atomic E-state index is -1.42. The van der Waals surface area contributed by atoms with E-state index in [-0.39, 0.29) is 5.75 Å². The first-order valence-electron chi connectivity index (χ1n) is 2.90. The van der Waals surface area contributed by atoms with Crippen LogP contribution in [-0.4, -0.2) is 11.8 Å². The molecule has 1 rings (SSSR count). The largest absolute Gasteiger partial charge is 0.504 e. The summed E-state index contributed by atoms with van der Waals surface area (Å²) in [7, 11) is -1.42. The van der Waals surface area contributed by atoms with Crippen LogP contribution in [0.4, 0.5) is 0 Å². The summed E-state index contributed by atoms with van der Waals surface area (Å²) in [5, 5.41) is 9.62. The summed E-state index contributed by atoms with van der Waals surface area (Å²) in [6, 6.07) is 6.66. The van der Waals surface area contributed by atoms with Crippen LogP contribution in [0.2, 0.25) is 0 Å². The lowest BCUT2D eigenvalue weighted by Gasteiger charge is -1.87. The number of hydrogen-bond acceptors (Lipinski definition) is 2. The molecule has 1 N–H and O–H groups in total. The van der Waals surface area contributed by atoms with Gasteiger partial charge in [0.05, 0.1) is 0 Å². The van der Waals surface area contributed by atoms with Crippen molar-refractivity contribution in [1.29, 1.82) is 0 Å². The van der Waals surface area contributed by atoms with Crippen molar-refractivity contribution in [2.75, 3.05) is 6.66 Å². The van der Waals surface area contributed by atoms with E-state index < -0.39 is 7.80 Å². The fourth-order valence-corrected chi connectivity index (χ4v) is 1.42. The highest BCUT2D eigenvalue weighted by Gasteiger charge is 2.15. The van der Waals surface area contributed by atoms with E-state index >= 15 is 0 Å². The maximum atomic E-state index is 10.9. The molecule has 0 amide bonds. The number of benzene rings is 1. The number of para-hydroxylation sites is 1. The second-order valence-electron chi connectivity index (χ2n) is 1.99. The molecule has 52 valence electrons. The van der Waals surface area contributed by atoms with Crippen LogP contribution in [0.15, 0.2) is 24.3 Å². The normalized spacial score (nSPS) is 11.1. The number of hydrogen-bond donors (Lipinski definition) is 1. The predicted octanol–water partition coefficient (Wildman–Crippen LogP) is 1.47. The molecule has 1 aromatic rings. The van der Waals surface area contributed by atoms with Crippen LogP contribution in [0.1, 0.15) is 0 Å². The van der Waals surface area contributed by atoms with Crippen molar-refractivity contribution in [2.24, 2.45) is 0 Å². The Balaban J connectivity index is 3.15. The Hall–Kier alpha value is -0.880. The smallest absolute Gasteiger partial charge is 0.377 e. The van der Waals surface area contributed by atoms with E-state index in [0.717, 1.165) is 0 Å². The van der Waals surface area contributed by atoms with E-state index in [4.69, 9.17) is 5.11 Å². The molecular weight excluding hydrogens is 147 g/mol. The molecule has 0 fully saturated rings. The van der Waals surface area contributed by atoms with Crippen molar-refractivity contribution < 1.29 is 9.67 Å². The predicted molar refractivity (Wildman–Crippen MR) is 41.3 cm³/mol. The number of phenolic OH excluding ortho intramolecular Hbond substituents is 1. The van der Waals surface area contributed by atoms with Gasteiger partial charge in [0.2, 0.25) is 5.30 Å². The van der Waals surface area contributed by atoms with Crippen LogP contribution in [0.3, 0.4) is 0 Å². The Morgan fingerprint density at radius 2 is 2.00 bits per heavy atom. The summed E-state index contributed by atoms with van der Waals surface area (Å²) in [6.45, 7) is 1.57. The summed E-state index contributed by atoms with van der Waals surface area (Å²) in [5.74, 6) is 0.117. The molecule has 0 spiro atoms. The second-order valence-corrected chi connectivity index (χ2v) is 3.46. The van der Waals surface area contributed by atoms with E-state index in [2.05, 4.69) is 0 Å². The van der Waals surface area contributed by atoms with Crippen LogP contribution < -0.4 is 5.30 Å². The summed E-state index contributed by atoms with van der Waals surface area (Å²) in [4.78, 5) is 0. The molecule has 10 heavy (non-hydrogen) atoms. The second kappa shape index (κ2) is 2.80. The molecule has 0 aromatic heterocycles. The maximum Gasteiger partial charge on any atom is 0.377 e. The summed E-state index contributed by atoms with van der Waals surface area (Å²) in [6.07, 6.45) is 0. The molecular formula is C7H8O2P+. The lowest BCUT2D eigenvalue weighted by Crippen LogP contribution is -1.93. The van der Waals surface area contributed by atoms with E-state index in [1.165, 1.54) is 6.07 Å². The van der Waals surface area contributed by atoms with Gasteiger partial charge in [-0.1, -0.05) is 16.7 Å². The number of phenols is 1. The molecule has 1 aromatic carbocycles. The Kier molecular flexibility index (Phi) is 2.03. The summed E-state index contributed by atoms with van der Waals surface area (Å²) >= 11 is 0. The minimum absolute atomic E-state index is 0.117. The average molecular weight is 155 g/mol. The van der Waals surface area contributed by atoms with Crippen molar-refractivity contribution in [3.8, 4) is 5.75 Å². The fraction of sp³-hybridized carbons (Fsp3) is 0.143. The Morgan fingerprint density at radius 3 is 2.40 bits per heavy atom. The van der Waals surface area contributed by atoms with Gasteiger partial charge in [0.25, 0.3) is 0 Å². The molecule has 0 aliphatic heterocycles. The van der Waals surface area contributed by atoms with Crippen molar-refractivity contribution in [3.05, 3.63) is 24.3 Å². The number of aromatic hydroxyl groups is 1. The first-order chi connectivity index (χ1) is 4.72. The lowest BCUT2D eigenvalue weighted by molar-refractivity contribution is 0.479. The van der Waals surface area contributed by atoms with E-state index in [9.17, 15) is 4.57 Å². The monoisotopic (exact) mass is 155 g/mol. The molecule has 0 bridgehead atoms. The Labute approximate surface area is 60.3 Å². The summed E-state index contributed by atoms with van der Waals surface area (Å²) in [5.41, 5.74) is 0. The SMILES string of the molecule is C[P+](=O)c1ccccc1O. The lowest BCUT2D eigenvalue weighted by atomic mass is 10.3.